The van der Waals surface area contributed by atoms with Gasteiger partial charge in [-0.3, -0.25) is 4.31 Å². The van der Waals surface area contributed by atoms with Crippen molar-refractivity contribution in [1.29, 1.82) is 0 Å². The maximum Gasteiger partial charge on any atom is 0.264 e. The van der Waals surface area contributed by atoms with Crippen LogP contribution < -0.4 is 8.99 Å². The van der Waals surface area contributed by atoms with Crippen LogP contribution in [0.5, 0.6) is 0 Å². The second kappa shape index (κ2) is 8.76. The Kier molecular flexibility index (Phi) is 6.04. The average molecular weight is 451 g/mol. The van der Waals surface area contributed by atoms with Crippen molar-refractivity contribution in [2.24, 2.45) is 0 Å². The van der Waals surface area contributed by atoms with E-state index in [1.807, 2.05) is 74.0 Å². The maximum atomic E-state index is 13.7. The SMILES string of the molecule is Cc1ccc(N(CC(O)C[n+]2[nH]c(C)cc2C)S(=O)(=O)c2ccc3ccccc3c2)cc1. The molecule has 2 N–H and O–H groups in total. The molecule has 4 rings (SSSR count). The van der Waals surface area contributed by atoms with E-state index in [1.165, 1.54) is 4.31 Å². The first-order valence-corrected chi connectivity index (χ1v) is 12.0. The molecule has 0 amide bonds. The molecule has 1 unspecified atom stereocenters. The van der Waals surface area contributed by atoms with Gasteiger partial charge in [0.1, 0.15) is 6.10 Å². The number of nitrogens with zero attached hydrogens (tertiary/aromatic N) is 2. The average Bonchev–Trinajstić information content (AvgIpc) is 3.08. The van der Waals surface area contributed by atoms with E-state index in [-0.39, 0.29) is 18.0 Å². The second-order valence-corrected chi connectivity index (χ2v) is 10.1. The van der Waals surface area contributed by atoms with Crippen LogP contribution in [0.1, 0.15) is 17.0 Å². The Morgan fingerprint density at radius 1 is 0.938 bits per heavy atom. The fourth-order valence-electron chi connectivity index (χ4n) is 3.88. The number of nitrogens with one attached hydrogen (secondary N) is 1. The summed E-state index contributed by atoms with van der Waals surface area (Å²) in [5, 5.41) is 15.9. The number of sulfonamides is 1. The second-order valence-electron chi connectivity index (χ2n) is 8.23. The molecule has 0 aliphatic rings. The number of aliphatic hydroxyl groups is 1. The summed E-state index contributed by atoms with van der Waals surface area (Å²) in [6.45, 7) is 6.03. The van der Waals surface area contributed by atoms with E-state index in [2.05, 4.69) is 5.10 Å². The van der Waals surface area contributed by atoms with Crippen molar-refractivity contribution in [3.8, 4) is 0 Å². The minimum Gasteiger partial charge on any atom is -0.384 e. The van der Waals surface area contributed by atoms with E-state index >= 15 is 0 Å². The van der Waals surface area contributed by atoms with Gasteiger partial charge in [-0.25, -0.2) is 8.42 Å². The molecule has 0 spiro atoms. The largest absolute Gasteiger partial charge is 0.384 e. The highest BCUT2D eigenvalue weighted by Gasteiger charge is 2.29. The van der Waals surface area contributed by atoms with Gasteiger partial charge in [-0.2, -0.15) is 5.10 Å². The van der Waals surface area contributed by atoms with Gasteiger partial charge in [0.2, 0.25) is 5.69 Å². The highest BCUT2D eigenvalue weighted by atomic mass is 32.2. The summed E-state index contributed by atoms with van der Waals surface area (Å²) < 4.78 is 30.6. The fraction of sp³-hybridized carbons (Fsp3) is 0.240. The van der Waals surface area contributed by atoms with Crippen LogP contribution in [0.3, 0.4) is 0 Å². The van der Waals surface area contributed by atoms with Gasteiger partial charge in [0.15, 0.2) is 6.54 Å². The smallest absolute Gasteiger partial charge is 0.264 e. The van der Waals surface area contributed by atoms with Crippen LogP contribution in [0.4, 0.5) is 5.69 Å². The van der Waals surface area contributed by atoms with Gasteiger partial charge < -0.3 is 5.11 Å². The predicted octanol–water partition coefficient (Wildman–Crippen LogP) is 3.64. The number of aliphatic hydroxyl groups excluding tert-OH is 1. The Bertz CT molecular complexity index is 1340. The molecule has 0 saturated carbocycles. The molecule has 0 radical (unpaired) electrons. The van der Waals surface area contributed by atoms with E-state index in [1.54, 1.807) is 24.3 Å². The third-order valence-electron chi connectivity index (χ3n) is 5.56. The Balaban J connectivity index is 1.70. The first-order valence-electron chi connectivity index (χ1n) is 10.6. The summed E-state index contributed by atoms with van der Waals surface area (Å²) in [6.07, 6.45) is -0.909. The molecule has 166 valence electrons. The van der Waals surface area contributed by atoms with Crippen molar-refractivity contribution in [2.75, 3.05) is 10.8 Å². The number of hydrogen-bond donors (Lipinski definition) is 2. The van der Waals surface area contributed by atoms with Gasteiger partial charge in [-0.1, -0.05) is 48.0 Å². The molecule has 4 aromatic rings. The van der Waals surface area contributed by atoms with Gasteiger partial charge in [-0.05, 0) is 48.9 Å². The van der Waals surface area contributed by atoms with Crippen molar-refractivity contribution in [1.82, 2.24) is 5.10 Å². The van der Waals surface area contributed by atoms with Crippen LogP contribution in [0.15, 0.2) is 77.7 Å². The molecule has 0 bridgehead atoms. The predicted molar refractivity (Wildman–Crippen MR) is 126 cm³/mol. The molecule has 1 atom stereocenters. The summed E-state index contributed by atoms with van der Waals surface area (Å²) in [6, 6.07) is 22.1. The summed E-state index contributed by atoms with van der Waals surface area (Å²) in [5.74, 6) is 0. The van der Waals surface area contributed by atoms with Crippen LogP contribution in [0, 0.1) is 20.8 Å². The van der Waals surface area contributed by atoms with Crippen molar-refractivity contribution < 1.29 is 18.2 Å². The molecular weight excluding hydrogens is 422 g/mol. The van der Waals surface area contributed by atoms with E-state index in [0.717, 1.165) is 27.7 Å². The van der Waals surface area contributed by atoms with Crippen molar-refractivity contribution >= 4 is 26.5 Å². The number of rotatable bonds is 7. The molecule has 1 heterocycles. The van der Waals surface area contributed by atoms with Crippen LogP contribution in [-0.2, 0) is 16.6 Å². The van der Waals surface area contributed by atoms with Crippen LogP contribution in [-0.4, -0.2) is 31.3 Å². The van der Waals surface area contributed by atoms with Crippen LogP contribution in [0.2, 0.25) is 0 Å². The number of aromatic amines is 1. The lowest BCUT2D eigenvalue weighted by atomic mass is 10.1. The molecular formula is C25H28N3O3S+. The summed E-state index contributed by atoms with van der Waals surface area (Å²) >= 11 is 0. The Morgan fingerprint density at radius 3 is 2.28 bits per heavy atom. The molecule has 3 aromatic carbocycles. The van der Waals surface area contributed by atoms with Gasteiger partial charge in [0, 0.05) is 13.0 Å². The van der Waals surface area contributed by atoms with Gasteiger partial charge in [0.05, 0.1) is 22.8 Å². The fourth-order valence-corrected chi connectivity index (χ4v) is 5.42. The molecule has 0 saturated heterocycles. The van der Waals surface area contributed by atoms with Crippen molar-refractivity contribution in [3.05, 3.63) is 89.7 Å². The number of anilines is 1. The maximum absolute atomic E-state index is 13.7. The Hall–Kier alpha value is -3.16. The molecule has 32 heavy (non-hydrogen) atoms. The standard InChI is InChI=1S/C25H27N3O3S/c1-18-8-11-23(12-9-18)28(17-24(29)16-27-20(3)14-19(2)26-27)32(30,31)25-13-10-21-6-4-5-7-22(21)15-25/h4-15,24,29H,16-17H2,1-3H3/p+1. The zero-order chi connectivity index (χ0) is 22.9. The lowest BCUT2D eigenvalue weighted by Crippen LogP contribution is -2.48. The minimum atomic E-state index is -3.90. The van der Waals surface area contributed by atoms with Gasteiger partial charge in [-0.15, -0.1) is 4.68 Å². The zero-order valence-electron chi connectivity index (χ0n) is 18.5. The highest BCUT2D eigenvalue weighted by molar-refractivity contribution is 7.92. The molecule has 6 nitrogen and oxygen atoms in total. The van der Waals surface area contributed by atoms with Crippen LogP contribution >= 0.6 is 0 Å². The Morgan fingerprint density at radius 2 is 1.62 bits per heavy atom. The molecule has 0 aliphatic heterocycles. The number of aryl methyl sites for hydroxylation is 3. The highest BCUT2D eigenvalue weighted by Crippen LogP contribution is 2.27. The quantitative estimate of drug-likeness (QED) is 0.422. The lowest BCUT2D eigenvalue weighted by Gasteiger charge is -2.26. The Labute approximate surface area is 188 Å². The van der Waals surface area contributed by atoms with E-state index in [9.17, 15) is 13.5 Å². The molecule has 1 aromatic heterocycles. The first-order chi connectivity index (χ1) is 15.2. The van der Waals surface area contributed by atoms with Crippen LogP contribution in [0.25, 0.3) is 10.8 Å². The number of hydrogen-bond acceptors (Lipinski definition) is 3. The first kappa shape index (κ1) is 22.0. The third kappa shape index (κ3) is 4.54. The monoisotopic (exact) mass is 450 g/mol. The third-order valence-corrected chi connectivity index (χ3v) is 7.35. The summed E-state index contributed by atoms with van der Waals surface area (Å²) in [7, 11) is -3.90. The molecule has 0 aliphatic carbocycles. The number of H-pyrrole nitrogens is 1. The number of benzene rings is 3. The summed E-state index contributed by atoms with van der Waals surface area (Å²) in [5.41, 5.74) is 3.51. The van der Waals surface area contributed by atoms with E-state index < -0.39 is 16.1 Å². The summed E-state index contributed by atoms with van der Waals surface area (Å²) in [4.78, 5) is 0.198. The molecule has 7 heteroatoms. The zero-order valence-corrected chi connectivity index (χ0v) is 19.3. The normalized spacial score (nSPS) is 12.8. The minimum absolute atomic E-state index is 0.0667. The van der Waals surface area contributed by atoms with E-state index in [4.69, 9.17) is 0 Å². The van der Waals surface area contributed by atoms with Gasteiger partial charge in [0.25, 0.3) is 10.0 Å². The topological polar surface area (TPSA) is 77.3 Å². The number of fused-ring (bicyclic) bond motifs is 1. The van der Waals surface area contributed by atoms with Crippen molar-refractivity contribution in [3.63, 3.8) is 0 Å². The van der Waals surface area contributed by atoms with E-state index in [0.29, 0.717) is 5.69 Å². The van der Waals surface area contributed by atoms with Crippen molar-refractivity contribution in [2.45, 2.75) is 38.3 Å². The molecule has 0 fully saturated rings. The lowest BCUT2D eigenvalue weighted by molar-refractivity contribution is -0.760. The van der Waals surface area contributed by atoms with Gasteiger partial charge >= 0.3 is 0 Å². The number of aromatic nitrogens is 2.